The van der Waals surface area contributed by atoms with Gasteiger partial charge in [0.1, 0.15) is 5.60 Å². The van der Waals surface area contributed by atoms with Gasteiger partial charge in [0.2, 0.25) is 0 Å². The highest BCUT2D eigenvalue weighted by atomic mass is 16.6. The third-order valence-corrected chi connectivity index (χ3v) is 2.85. The summed E-state index contributed by atoms with van der Waals surface area (Å²) in [5.74, 6) is 0. The molecule has 0 aliphatic carbocycles. The van der Waals surface area contributed by atoms with Crippen LogP contribution in [-0.4, -0.2) is 21.6 Å². The zero-order chi connectivity index (χ0) is 14.0. The average molecular weight is 260 g/mol. The van der Waals surface area contributed by atoms with Gasteiger partial charge in [0.25, 0.3) is 0 Å². The molecule has 2 rings (SSSR count). The van der Waals surface area contributed by atoms with E-state index in [0.29, 0.717) is 13.1 Å². The molecule has 0 N–H and O–H groups in total. The number of amides is 1. The topological polar surface area (TPSA) is 42.4 Å². The van der Waals surface area contributed by atoms with E-state index in [1.54, 1.807) is 4.90 Å². The summed E-state index contributed by atoms with van der Waals surface area (Å²) in [4.78, 5) is 18.1. The molecule has 1 amide bonds. The highest BCUT2D eigenvalue weighted by Gasteiger charge is 2.28. The van der Waals surface area contributed by atoms with Crippen molar-refractivity contribution < 1.29 is 9.53 Å². The number of hydrogen-bond acceptors (Lipinski definition) is 3. The zero-order valence-electron chi connectivity index (χ0n) is 11.8. The molecule has 0 spiro atoms. The molecule has 0 saturated carbocycles. The molecule has 0 bridgehead atoms. The van der Waals surface area contributed by atoms with Crippen LogP contribution in [0.15, 0.2) is 24.9 Å². The van der Waals surface area contributed by atoms with E-state index in [2.05, 4.69) is 17.6 Å². The van der Waals surface area contributed by atoms with Gasteiger partial charge in [0, 0.05) is 6.20 Å². The van der Waals surface area contributed by atoms with Crippen molar-refractivity contribution in [3.63, 3.8) is 0 Å². The van der Waals surface area contributed by atoms with Crippen LogP contribution in [0.4, 0.5) is 4.79 Å². The van der Waals surface area contributed by atoms with Crippen molar-refractivity contribution in [1.29, 1.82) is 0 Å². The molecule has 0 atom stereocenters. The van der Waals surface area contributed by atoms with Gasteiger partial charge in [-0.3, -0.25) is 9.88 Å². The van der Waals surface area contributed by atoms with Crippen LogP contribution in [0.2, 0.25) is 0 Å². The number of rotatable bonds is 2. The van der Waals surface area contributed by atoms with Crippen LogP contribution in [0, 0.1) is 0 Å². The second kappa shape index (κ2) is 5.03. The molecule has 0 aromatic carbocycles. The first-order valence-electron chi connectivity index (χ1n) is 6.44. The molecule has 102 valence electrons. The largest absolute Gasteiger partial charge is 0.444 e. The van der Waals surface area contributed by atoms with Gasteiger partial charge < -0.3 is 4.74 Å². The van der Waals surface area contributed by atoms with Gasteiger partial charge in [0.05, 0.1) is 18.8 Å². The maximum absolute atomic E-state index is 12.0. The lowest BCUT2D eigenvalue weighted by Crippen LogP contribution is -2.33. The summed E-state index contributed by atoms with van der Waals surface area (Å²) in [5, 5.41) is 0. The molecular weight excluding hydrogens is 240 g/mol. The Morgan fingerprint density at radius 1 is 1.53 bits per heavy atom. The molecule has 4 heteroatoms. The maximum Gasteiger partial charge on any atom is 0.410 e. The lowest BCUT2D eigenvalue weighted by Gasteiger charge is -2.23. The first-order valence-corrected chi connectivity index (χ1v) is 6.44. The van der Waals surface area contributed by atoms with Gasteiger partial charge in [-0.1, -0.05) is 12.1 Å². The van der Waals surface area contributed by atoms with Crippen LogP contribution >= 0.6 is 0 Å². The summed E-state index contributed by atoms with van der Waals surface area (Å²) < 4.78 is 5.37. The Hall–Kier alpha value is -1.84. The molecule has 4 nitrogen and oxygen atoms in total. The number of allylic oxidation sites excluding steroid dienone is 1. The molecule has 0 radical (unpaired) electrons. The van der Waals surface area contributed by atoms with E-state index in [1.807, 2.05) is 33.0 Å². The van der Waals surface area contributed by atoms with Crippen molar-refractivity contribution >= 4 is 6.09 Å². The third-order valence-electron chi connectivity index (χ3n) is 2.85. The molecule has 1 aromatic heterocycles. The molecule has 19 heavy (non-hydrogen) atoms. The summed E-state index contributed by atoms with van der Waals surface area (Å²) in [7, 11) is 0. The number of carbonyl (C=O) groups is 1. The van der Waals surface area contributed by atoms with Crippen molar-refractivity contribution in [2.75, 3.05) is 0 Å². The minimum atomic E-state index is -0.465. The smallest absolute Gasteiger partial charge is 0.410 e. The van der Waals surface area contributed by atoms with Crippen molar-refractivity contribution in [3.05, 3.63) is 41.7 Å². The molecular formula is C15H20N2O2. The Kier molecular flexibility index (Phi) is 3.60. The fourth-order valence-corrected chi connectivity index (χ4v) is 2.04. The molecule has 1 aromatic rings. The standard InChI is InChI=1S/C15H20N2O2/c1-5-6-11-7-12-9-17(10-13(12)16-8-11)14(18)19-15(2,3)4/h5,7-8H,1,6,9-10H2,2-4H3. The number of aromatic nitrogens is 1. The van der Waals surface area contributed by atoms with Crippen LogP contribution in [-0.2, 0) is 24.2 Å². The lowest BCUT2D eigenvalue weighted by atomic mass is 10.1. The zero-order valence-corrected chi connectivity index (χ0v) is 11.8. The van der Waals surface area contributed by atoms with E-state index in [0.717, 1.165) is 23.2 Å². The van der Waals surface area contributed by atoms with Crippen LogP contribution in [0.25, 0.3) is 0 Å². The maximum atomic E-state index is 12.0. The van der Waals surface area contributed by atoms with E-state index < -0.39 is 5.60 Å². The number of ether oxygens (including phenoxy) is 1. The van der Waals surface area contributed by atoms with E-state index >= 15 is 0 Å². The number of carbonyl (C=O) groups excluding carboxylic acids is 1. The van der Waals surface area contributed by atoms with E-state index in [1.165, 1.54) is 0 Å². The number of hydrogen-bond donors (Lipinski definition) is 0. The SMILES string of the molecule is C=CCc1cnc2c(c1)CN(C(=O)OC(C)(C)C)C2. The Balaban J connectivity index is 2.07. The summed E-state index contributed by atoms with van der Waals surface area (Å²) in [5.41, 5.74) is 2.72. The Bertz CT molecular complexity index is 503. The minimum absolute atomic E-state index is 0.282. The predicted molar refractivity (Wildman–Crippen MR) is 73.6 cm³/mol. The van der Waals surface area contributed by atoms with Gasteiger partial charge in [0.15, 0.2) is 0 Å². The highest BCUT2D eigenvalue weighted by molar-refractivity contribution is 5.69. The summed E-state index contributed by atoms with van der Waals surface area (Å²) >= 11 is 0. The fourth-order valence-electron chi connectivity index (χ4n) is 2.04. The van der Waals surface area contributed by atoms with Gasteiger partial charge >= 0.3 is 6.09 Å². The summed E-state index contributed by atoms with van der Waals surface area (Å²) in [6.07, 6.45) is 4.21. The quantitative estimate of drug-likeness (QED) is 0.767. The number of nitrogens with zero attached hydrogens (tertiary/aromatic N) is 2. The van der Waals surface area contributed by atoms with Gasteiger partial charge in [-0.2, -0.15) is 0 Å². The van der Waals surface area contributed by atoms with Crippen molar-refractivity contribution in [3.8, 4) is 0 Å². The normalized spacial score (nSPS) is 14.2. The van der Waals surface area contributed by atoms with Crippen LogP contribution < -0.4 is 0 Å². The van der Waals surface area contributed by atoms with Crippen LogP contribution in [0.5, 0.6) is 0 Å². The number of fused-ring (bicyclic) bond motifs is 1. The summed E-state index contributed by atoms with van der Waals surface area (Å²) in [6.45, 7) is 10.4. The Morgan fingerprint density at radius 3 is 2.89 bits per heavy atom. The van der Waals surface area contributed by atoms with E-state index in [4.69, 9.17) is 4.74 Å². The Labute approximate surface area is 114 Å². The van der Waals surface area contributed by atoms with E-state index in [-0.39, 0.29) is 6.09 Å². The van der Waals surface area contributed by atoms with Gasteiger partial charge in [-0.05, 0) is 38.3 Å². The molecule has 0 fully saturated rings. The summed E-state index contributed by atoms with van der Waals surface area (Å²) in [6, 6.07) is 2.09. The lowest BCUT2D eigenvalue weighted by molar-refractivity contribution is 0.0240. The first kappa shape index (κ1) is 13.6. The third kappa shape index (κ3) is 3.34. The minimum Gasteiger partial charge on any atom is -0.444 e. The first-order chi connectivity index (χ1) is 8.89. The fraction of sp³-hybridized carbons (Fsp3) is 0.467. The van der Waals surface area contributed by atoms with Crippen LogP contribution in [0.1, 0.15) is 37.6 Å². The van der Waals surface area contributed by atoms with Gasteiger partial charge in [-0.15, -0.1) is 6.58 Å². The van der Waals surface area contributed by atoms with Crippen molar-refractivity contribution in [2.24, 2.45) is 0 Å². The molecule has 1 aliphatic heterocycles. The van der Waals surface area contributed by atoms with Crippen molar-refractivity contribution in [2.45, 2.75) is 45.9 Å². The highest BCUT2D eigenvalue weighted by Crippen LogP contribution is 2.24. The molecule has 0 saturated heterocycles. The molecule has 0 unspecified atom stereocenters. The van der Waals surface area contributed by atoms with Crippen LogP contribution in [0.3, 0.4) is 0 Å². The average Bonchev–Trinajstić information content (AvgIpc) is 2.70. The van der Waals surface area contributed by atoms with Gasteiger partial charge in [-0.25, -0.2) is 4.79 Å². The second-order valence-corrected chi connectivity index (χ2v) is 5.78. The predicted octanol–water partition coefficient (Wildman–Crippen LogP) is 3.06. The monoisotopic (exact) mass is 260 g/mol. The molecule has 1 aliphatic rings. The number of pyridine rings is 1. The van der Waals surface area contributed by atoms with E-state index in [9.17, 15) is 4.79 Å². The Morgan fingerprint density at radius 2 is 2.26 bits per heavy atom. The molecule has 2 heterocycles. The van der Waals surface area contributed by atoms with Crippen molar-refractivity contribution in [1.82, 2.24) is 9.88 Å². The second-order valence-electron chi connectivity index (χ2n) is 5.78.